The Kier molecular flexibility index (Phi) is 8.51. The van der Waals surface area contributed by atoms with Crippen molar-refractivity contribution in [2.45, 2.75) is 46.1 Å². The number of carbonyl (C=O) groups is 1. The van der Waals surface area contributed by atoms with Crippen molar-refractivity contribution < 1.29 is 14.3 Å². The Bertz CT molecular complexity index is 403. The van der Waals surface area contributed by atoms with Crippen LogP contribution in [0.1, 0.15) is 39.2 Å². The van der Waals surface area contributed by atoms with Gasteiger partial charge < -0.3 is 14.8 Å². The van der Waals surface area contributed by atoms with Gasteiger partial charge in [-0.3, -0.25) is 4.79 Å². The molecule has 1 aromatic rings. The SMILES string of the molecule is CCCc1ccc(OCCC(NCC)C(=O)OCC)cc1. The molecule has 0 fully saturated rings. The zero-order valence-corrected chi connectivity index (χ0v) is 13.4. The Balaban J connectivity index is 2.40. The molecular formula is C17H27NO3. The van der Waals surface area contributed by atoms with Gasteiger partial charge in [0.1, 0.15) is 11.8 Å². The highest BCUT2D eigenvalue weighted by Gasteiger charge is 2.18. The zero-order valence-electron chi connectivity index (χ0n) is 13.4. The predicted octanol–water partition coefficient (Wildman–Crippen LogP) is 2.95. The number of nitrogens with one attached hydrogen (secondary N) is 1. The lowest BCUT2D eigenvalue weighted by molar-refractivity contribution is -0.146. The lowest BCUT2D eigenvalue weighted by Gasteiger charge is -2.16. The number of hydrogen-bond donors (Lipinski definition) is 1. The Morgan fingerprint density at radius 2 is 1.90 bits per heavy atom. The van der Waals surface area contributed by atoms with E-state index in [1.54, 1.807) is 0 Å². The molecule has 0 saturated heterocycles. The van der Waals surface area contributed by atoms with Gasteiger partial charge >= 0.3 is 5.97 Å². The molecule has 1 atom stereocenters. The number of carbonyl (C=O) groups excluding carboxylic acids is 1. The highest BCUT2D eigenvalue weighted by atomic mass is 16.5. The van der Waals surface area contributed by atoms with Crippen LogP contribution in [0.5, 0.6) is 5.75 Å². The normalized spacial score (nSPS) is 12.0. The Labute approximate surface area is 127 Å². The van der Waals surface area contributed by atoms with Gasteiger partial charge in [-0.1, -0.05) is 32.4 Å². The highest BCUT2D eigenvalue weighted by Crippen LogP contribution is 2.14. The van der Waals surface area contributed by atoms with Crippen molar-refractivity contribution in [3.8, 4) is 5.75 Å². The van der Waals surface area contributed by atoms with E-state index in [-0.39, 0.29) is 12.0 Å². The minimum Gasteiger partial charge on any atom is -0.494 e. The van der Waals surface area contributed by atoms with E-state index in [1.165, 1.54) is 5.56 Å². The number of benzene rings is 1. The van der Waals surface area contributed by atoms with Gasteiger partial charge in [0.15, 0.2) is 0 Å². The van der Waals surface area contributed by atoms with Crippen molar-refractivity contribution in [2.75, 3.05) is 19.8 Å². The summed E-state index contributed by atoms with van der Waals surface area (Å²) in [6, 6.07) is 7.85. The second kappa shape index (κ2) is 10.2. The van der Waals surface area contributed by atoms with E-state index >= 15 is 0 Å². The largest absolute Gasteiger partial charge is 0.494 e. The van der Waals surface area contributed by atoms with Gasteiger partial charge in [-0.15, -0.1) is 0 Å². The number of likely N-dealkylation sites (N-methyl/N-ethyl adjacent to an activating group) is 1. The van der Waals surface area contributed by atoms with Crippen LogP contribution in [0, 0.1) is 0 Å². The topological polar surface area (TPSA) is 47.6 Å². The first-order valence-corrected chi connectivity index (χ1v) is 7.83. The van der Waals surface area contributed by atoms with E-state index in [2.05, 4.69) is 24.4 Å². The summed E-state index contributed by atoms with van der Waals surface area (Å²) in [5.41, 5.74) is 1.32. The standard InChI is InChI=1S/C17H27NO3/c1-4-7-14-8-10-15(11-9-14)21-13-12-16(18-5-2)17(19)20-6-3/h8-11,16,18H,4-7,12-13H2,1-3H3. The third kappa shape index (κ3) is 6.63. The van der Waals surface area contributed by atoms with Crippen LogP contribution in [-0.4, -0.2) is 31.8 Å². The van der Waals surface area contributed by atoms with Crippen molar-refractivity contribution in [2.24, 2.45) is 0 Å². The van der Waals surface area contributed by atoms with Crippen LogP contribution >= 0.6 is 0 Å². The molecule has 4 nitrogen and oxygen atoms in total. The lowest BCUT2D eigenvalue weighted by Crippen LogP contribution is -2.39. The van der Waals surface area contributed by atoms with Crippen LogP contribution in [0.2, 0.25) is 0 Å². The maximum atomic E-state index is 11.8. The van der Waals surface area contributed by atoms with Gasteiger partial charge in [0.2, 0.25) is 0 Å². The summed E-state index contributed by atoms with van der Waals surface area (Å²) in [4.78, 5) is 11.8. The molecule has 118 valence electrons. The number of hydrogen-bond acceptors (Lipinski definition) is 4. The maximum absolute atomic E-state index is 11.8. The quantitative estimate of drug-likeness (QED) is 0.674. The van der Waals surface area contributed by atoms with E-state index in [0.29, 0.717) is 19.6 Å². The van der Waals surface area contributed by atoms with Gasteiger partial charge in [-0.2, -0.15) is 0 Å². The maximum Gasteiger partial charge on any atom is 0.323 e. The molecule has 1 aromatic carbocycles. The van der Waals surface area contributed by atoms with E-state index in [0.717, 1.165) is 25.1 Å². The molecular weight excluding hydrogens is 266 g/mol. The minimum atomic E-state index is -0.297. The van der Waals surface area contributed by atoms with Crippen molar-refractivity contribution in [3.05, 3.63) is 29.8 Å². The zero-order chi connectivity index (χ0) is 15.5. The predicted molar refractivity (Wildman–Crippen MR) is 84.6 cm³/mol. The van der Waals surface area contributed by atoms with Crippen molar-refractivity contribution in [1.29, 1.82) is 0 Å². The number of aryl methyl sites for hydroxylation is 1. The molecule has 0 amide bonds. The van der Waals surface area contributed by atoms with E-state index in [9.17, 15) is 4.79 Å². The fourth-order valence-corrected chi connectivity index (χ4v) is 2.13. The Hall–Kier alpha value is -1.55. The molecule has 21 heavy (non-hydrogen) atoms. The van der Waals surface area contributed by atoms with Gasteiger partial charge in [-0.05, 0) is 37.6 Å². The summed E-state index contributed by atoms with van der Waals surface area (Å²) in [6.45, 7) is 7.58. The average molecular weight is 293 g/mol. The first-order valence-electron chi connectivity index (χ1n) is 7.83. The smallest absolute Gasteiger partial charge is 0.323 e. The number of rotatable bonds is 10. The first kappa shape index (κ1) is 17.5. The van der Waals surface area contributed by atoms with Gasteiger partial charge in [-0.25, -0.2) is 0 Å². The molecule has 1 rings (SSSR count). The molecule has 0 radical (unpaired) electrons. The van der Waals surface area contributed by atoms with E-state index in [1.807, 2.05) is 26.0 Å². The molecule has 0 heterocycles. The summed E-state index contributed by atoms with van der Waals surface area (Å²) < 4.78 is 10.7. The second-order valence-corrected chi connectivity index (χ2v) is 4.89. The van der Waals surface area contributed by atoms with Crippen LogP contribution in [0.25, 0.3) is 0 Å². The summed E-state index contributed by atoms with van der Waals surface area (Å²) in [5.74, 6) is 0.634. The molecule has 4 heteroatoms. The van der Waals surface area contributed by atoms with Gasteiger partial charge in [0.25, 0.3) is 0 Å². The van der Waals surface area contributed by atoms with Crippen LogP contribution in [-0.2, 0) is 16.0 Å². The molecule has 0 aliphatic heterocycles. The van der Waals surface area contributed by atoms with Crippen molar-refractivity contribution in [3.63, 3.8) is 0 Å². The Morgan fingerprint density at radius 3 is 2.48 bits per heavy atom. The molecule has 0 saturated carbocycles. The summed E-state index contributed by atoms with van der Waals surface area (Å²) >= 11 is 0. The molecule has 0 aliphatic rings. The molecule has 0 aliphatic carbocycles. The van der Waals surface area contributed by atoms with Crippen LogP contribution in [0.3, 0.4) is 0 Å². The summed E-state index contributed by atoms with van der Waals surface area (Å²) in [6.07, 6.45) is 2.83. The van der Waals surface area contributed by atoms with E-state index in [4.69, 9.17) is 9.47 Å². The van der Waals surface area contributed by atoms with Crippen LogP contribution < -0.4 is 10.1 Å². The average Bonchev–Trinajstić information content (AvgIpc) is 2.48. The molecule has 0 aromatic heterocycles. The monoisotopic (exact) mass is 293 g/mol. The third-order valence-electron chi connectivity index (χ3n) is 3.16. The molecule has 1 N–H and O–H groups in total. The fraction of sp³-hybridized carbons (Fsp3) is 0.588. The third-order valence-corrected chi connectivity index (χ3v) is 3.16. The lowest BCUT2D eigenvalue weighted by atomic mass is 10.1. The highest BCUT2D eigenvalue weighted by molar-refractivity contribution is 5.75. The van der Waals surface area contributed by atoms with Crippen molar-refractivity contribution >= 4 is 5.97 Å². The fourth-order valence-electron chi connectivity index (χ4n) is 2.13. The van der Waals surface area contributed by atoms with Crippen LogP contribution in [0.4, 0.5) is 0 Å². The number of ether oxygens (including phenoxy) is 2. The van der Waals surface area contributed by atoms with Gasteiger partial charge in [0.05, 0.1) is 13.2 Å². The summed E-state index contributed by atoms with van der Waals surface area (Å²) in [5, 5.41) is 3.12. The first-order chi connectivity index (χ1) is 10.2. The van der Waals surface area contributed by atoms with E-state index < -0.39 is 0 Å². The molecule has 0 spiro atoms. The van der Waals surface area contributed by atoms with Crippen molar-refractivity contribution in [1.82, 2.24) is 5.32 Å². The molecule has 1 unspecified atom stereocenters. The summed E-state index contributed by atoms with van der Waals surface area (Å²) in [7, 11) is 0. The number of esters is 1. The Morgan fingerprint density at radius 1 is 1.19 bits per heavy atom. The minimum absolute atomic E-state index is 0.207. The second-order valence-electron chi connectivity index (χ2n) is 4.89. The van der Waals surface area contributed by atoms with Gasteiger partial charge in [0, 0.05) is 6.42 Å². The van der Waals surface area contributed by atoms with Crippen LogP contribution in [0.15, 0.2) is 24.3 Å². The molecule has 0 bridgehead atoms.